The highest BCUT2D eigenvalue weighted by molar-refractivity contribution is 6.42. The average Bonchev–Trinajstić information content (AvgIpc) is 3.09. The van der Waals surface area contributed by atoms with Gasteiger partial charge in [-0.3, -0.25) is 19.2 Å². The largest absolute Gasteiger partial charge is 0.292 e. The molecule has 1 aliphatic heterocycles. The van der Waals surface area contributed by atoms with Gasteiger partial charge in [0.1, 0.15) is 11.9 Å². The maximum atomic E-state index is 13.9. The first-order chi connectivity index (χ1) is 17.1. The Morgan fingerprint density at radius 1 is 1.00 bits per heavy atom. The number of carbonyl (C=O) groups excluding carboxylic acids is 4. The molecule has 10 heteroatoms. The third-order valence-corrected chi connectivity index (χ3v) is 7.82. The van der Waals surface area contributed by atoms with Gasteiger partial charge in [-0.05, 0) is 74.1 Å². The van der Waals surface area contributed by atoms with E-state index < -0.39 is 47.2 Å². The number of alkyl halides is 1. The summed E-state index contributed by atoms with van der Waals surface area (Å²) in [5.74, 6) is -3.83. The predicted molar refractivity (Wildman–Crippen MR) is 134 cm³/mol. The molecular formula is C26H24Cl3FN2O4. The van der Waals surface area contributed by atoms with Crippen molar-refractivity contribution in [3.8, 4) is 0 Å². The van der Waals surface area contributed by atoms with Crippen LogP contribution in [0.3, 0.4) is 0 Å². The summed E-state index contributed by atoms with van der Waals surface area (Å²) >= 11 is 18.2. The number of rotatable bonds is 7. The van der Waals surface area contributed by atoms with Crippen LogP contribution in [0.25, 0.3) is 0 Å². The van der Waals surface area contributed by atoms with Gasteiger partial charge in [-0.15, -0.1) is 11.6 Å². The van der Waals surface area contributed by atoms with E-state index in [1.54, 1.807) is 0 Å². The van der Waals surface area contributed by atoms with Crippen LogP contribution in [-0.4, -0.2) is 45.4 Å². The van der Waals surface area contributed by atoms with Gasteiger partial charge in [-0.2, -0.15) is 5.01 Å². The van der Waals surface area contributed by atoms with Crippen LogP contribution in [0, 0.1) is 23.6 Å². The van der Waals surface area contributed by atoms with Gasteiger partial charge in [0, 0.05) is 17.0 Å². The fourth-order valence-electron chi connectivity index (χ4n) is 4.99. The molecule has 0 N–H and O–H groups in total. The molecule has 4 rings (SSSR count). The van der Waals surface area contributed by atoms with Crippen LogP contribution in [0.4, 0.5) is 4.39 Å². The number of nitrogens with zero attached hydrogens (tertiary/aromatic N) is 2. The van der Waals surface area contributed by atoms with Crippen LogP contribution < -0.4 is 0 Å². The molecule has 0 unspecified atom stereocenters. The van der Waals surface area contributed by atoms with Gasteiger partial charge in [0.15, 0.2) is 5.78 Å². The van der Waals surface area contributed by atoms with Crippen molar-refractivity contribution in [2.45, 2.75) is 38.6 Å². The molecule has 0 bridgehead atoms. The topological polar surface area (TPSA) is 74.8 Å². The van der Waals surface area contributed by atoms with E-state index in [2.05, 4.69) is 0 Å². The van der Waals surface area contributed by atoms with Crippen molar-refractivity contribution >= 4 is 58.3 Å². The highest BCUT2D eigenvalue weighted by atomic mass is 35.5. The van der Waals surface area contributed by atoms with Crippen LogP contribution in [0.2, 0.25) is 10.0 Å². The zero-order chi connectivity index (χ0) is 26.1. The van der Waals surface area contributed by atoms with E-state index in [4.69, 9.17) is 34.8 Å². The lowest BCUT2D eigenvalue weighted by Gasteiger charge is -2.36. The van der Waals surface area contributed by atoms with E-state index in [0.29, 0.717) is 12.8 Å². The Bertz CT molecular complexity index is 1210. The molecule has 190 valence electrons. The number of Topliss-reactive ketones (excluding diaryl/α,β-unsaturated/α-hetero) is 1. The van der Waals surface area contributed by atoms with Gasteiger partial charge in [0.25, 0.3) is 17.7 Å². The van der Waals surface area contributed by atoms with E-state index in [1.807, 2.05) is 6.92 Å². The molecule has 1 saturated heterocycles. The van der Waals surface area contributed by atoms with Gasteiger partial charge in [0.2, 0.25) is 0 Å². The molecule has 0 spiro atoms. The predicted octanol–water partition coefficient (Wildman–Crippen LogP) is 5.79. The van der Waals surface area contributed by atoms with E-state index in [1.165, 1.54) is 30.3 Å². The molecule has 2 fully saturated rings. The Hall–Kier alpha value is -2.48. The number of ketones is 1. The third-order valence-electron chi connectivity index (χ3n) is 6.86. The molecular weight excluding hydrogens is 530 g/mol. The average molecular weight is 554 g/mol. The van der Waals surface area contributed by atoms with Crippen molar-refractivity contribution in [3.05, 3.63) is 69.5 Å². The smallest absolute Gasteiger partial charge is 0.273 e. The van der Waals surface area contributed by atoms with Crippen molar-refractivity contribution in [1.82, 2.24) is 10.0 Å². The standard InChI is InChI=1S/C26H24Cl3FN2O4/c1-14-2-8-18-19(12-14)26(36)32(25(18)35)31(24(34)16-5-9-20(28)21(29)13-16)22(10-11-27)23(33)15-3-6-17(30)7-4-15/h3-7,9,13-14,18-19,22H,2,8,10-12H2,1H3/t14-,18+,19-,22+/m1/s1. The summed E-state index contributed by atoms with van der Waals surface area (Å²) in [6.07, 6.45) is 1.78. The van der Waals surface area contributed by atoms with Gasteiger partial charge < -0.3 is 0 Å². The molecule has 1 heterocycles. The van der Waals surface area contributed by atoms with Crippen molar-refractivity contribution < 1.29 is 23.6 Å². The number of carbonyl (C=O) groups is 4. The summed E-state index contributed by atoms with van der Waals surface area (Å²) in [4.78, 5) is 54.6. The van der Waals surface area contributed by atoms with Gasteiger partial charge in [-0.25, -0.2) is 9.40 Å². The molecule has 1 saturated carbocycles. The quantitative estimate of drug-likeness (QED) is 0.247. The zero-order valence-corrected chi connectivity index (χ0v) is 21.7. The Kier molecular flexibility index (Phi) is 8.03. The maximum Gasteiger partial charge on any atom is 0.273 e. The summed E-state index contributed by atoms with van der Waals surface area (Å²) in [5.41, 5.74) is 0.156. The van der Waals surface area contributed by atoms with Gasteiger partial charge >= 0.3 is 0 Å². The minimum Gasteiger partial charge on any atom is -0.292 e. The van der Waals surface area contributed by atoms with E-state index >= 15 is 0 Å². The number of benzene rings is 2. The zero-order valence-electron chi connectivity index (χ0n) is 19.4. The lowest BCUT2D eigenvalue weighted by atomic mass is 9.76. The number of fused-ring (bicyclic) bond motifs is 1. The first kappa shape index (κ1) is 26.6. The fraction of sp³-hybridized carbons (Fsp3) is 0.385. The normalized spacial score (nSPS) is 22.4. The van der Waals surface area contributed by atoms with Crippen LogP contribution in [0.15, 0.2) is 42.5 Å². The Morgan fingerprint density at radius 2 is 1.64 bits per heavy atom. The van der Waals surface area contributed by atoms with Crippen LogP contribution >= 0.6 is 34.8 Å². The highest BCUT2D eigenvalue weighted by Crippen LogP contribution is 2.42. The molecule has 2 aromatic carbocycles. The van der Waals surface area contributed by atoms with Gasteiger partial charge in [0.05, 0.1) is 21.9 Å². The lowest BCUT2D eigenvalue weighted by Crippen LogP contribution is -2.57. The second-order valence-corrected chi connectivity index (χ2v) is 10.5. The molecule has 2 aromatic rings. The van der Waals surface area contributed by atoms with E-state index in [9.17, 15) is 23.6 Å². The van der Waals surface area contributed by atoms with Crippen molar-refractivity contribution in [2.24, 2.45) is 17.8 Å². The van der Waals surface area contributed by atoms with Crippen LogP contribution in [0.5, 0.6) is 0 Å². The molecule has 36 heavy (non-hydrogen) atoms. The number of hydrogen-bond acceptors (Lipinski definition) is 4. The Balaban J connectivity index is 1.81. The van der Waals surface area contributed by atoms with Crippen LogP contribution in [-0.2, 0) is 9.59 Å². The van der Waals surface area contributed by atoms with Crippen LogP contribution in [0.1, 0.15) is 53.3 Å². The van der Waals surface area contributed by atoms with E-state index in [-0.39, 0.29) is 39.4 Å². The SMILES string of the molecule is C[C@@H]1CC[C@@H]2C(=O)N(N(C(=O)c3ccc(Cl)c(Cl)c3)[C@@H](CCCl)C(=O)c3ccc(F)cc3)C(=O)[C@@H]2C1. The summed E-state index contributed by atoms with van der Waals surface area (Å²) in [5, 5.41) is 2.06. The Labute approximate surface area is 223 Å². The fourth-order valence-corrected chi connectivity index (χ4v) is 5.50. The molecule has 0 aromatic heterocycles. The van der Waals surface area contributed by atoms with Gasteiger partial charge in [-0.1, -0.05) is 30.1 Å². The van der Waals surface area contributed by atoms with Crippen molar-refractivity contribution in [2.75, 3.05) is 5.88 Å². The first-order valence-electron chi connectivity index (χ1n) is 11.7. The summed E-state index contributed by atoms with van der Waals surface area (Å²) < 4.78 is 13.5. The molecule has 3 amide bonds. The summed E-state index contributed by atoms with van der Waals surface area (Å²) in [7, 11) is 0. The van der Waals surface area contributed by atoms with Crippen molar-refractivity contribution in [1.29, 1.82) is 0 Å². The highest BCUT2D eigenvalue weighted by Gasteiger charge is 2.54. The second kappa shape index (κ2) is 10.9. The molecule has 2 aliphatic rings. The maximum absolute atomic E-state index is 13.9. The molecule has 4 atom stereocenters. The summed E-state index contributed by atoms with van der Waals surface area (Å²) in [6, 6.07) is 7.68. The van der Waals surface area contributed by atoms with Crippen molar-refractivity contribution in [3.63, 3.8) is 0 Å². The monoisotopic (exact) mass is 552 g/mol. The lowest BCUT2D eigenvalue weighted by molar-refractivity contribution is -0.156. The minimum absolute atomic E-state index is 0.0388. The third kappa shape index (κ3) is 5.01. The number of hydrogen-bond donors (Lipinski definition) is 0. The Morgan fingerprint density at radius 3 is 2.28 bits per heavy atom. The molecule has 1 aliphatic carbocycles. The summed E-state index contributed by atoms with van der Waals surface area (Å²) in [6.45, 7) is 2.02. The first-order valence-corrected chi connectivity index (χ1v) is 12.9. The second-order valence-electron chi connectivity index (χ2n) is 9.26. The molecule has 6 nitrogen and oxygen atoms in total. The number of halogens is 4. The minimum atomic E-state index is -1.29. The number of hydrazine groups is 1. The number of imide groups is 1. The number of amides is 3. The molecule has 0 radical (unpaired) electrons. The van der Waals surface area contributed by atoms with E-state index in [0.717, 1.165) is 28.6 Å².